The number of carbonyl (C=O) groups excluding carboxylic acids is 1. The third-order valence-corrected chi connectivity index (χ3v) is 2.62. The highest BCUT2D eigenvalue weighted by Gasteiger charge is 2.23. The molecule has 0 aromatic carbocycles. The van der Waals surface area contributed by atoms with Crippen molar-refractivity contribution < 1.29 is 4.79 Å². The zero-order chi connectivity index (χ0) is 11.4. The van der Waals surface area contributed by atoms with E-state index in [4.69, 9.17) is 0 Å². The van der Waals surface area contributed by atoms with Crippen molar-refractivity contribution in [2.24, 2.45) is 0 Å². The van der Waals surface area contributed by atoms with Gasteiger partial charge in [0.2, 0.25) is 5.91 Å². The van der Waals surface area contributed by atoms with E-state index in [1.165, 1.54) is 0 Å². The fraction of sp³-hybridized carbons (Fsp3) is 0.455. The lowest BCUT2D eigenvalue weighted by Gasteiger charge is -2.29. The van der Waals surface area contributed by atoms with Crippen molar-refractivity contribution in [3.8, 4) is 0 Å². The van der Waals surface area contributed by atoms with Gasteiger partial charge in [-0.25, -0.2) is 0 Å². The number of piperazine rings is 1. The second-order valence-electron chi connectivity index (χ2n) is 4.00. The predicted octanol–water partition coefficient (Wildman–Crippen LogP) is -0.0763. The fourth-order valence-electron chi connectivity index (χ4n) is 1.74. The van der Waals surface area contributed by atoms with E-state index in [9.17, 15) is 4.79 Å². The third-order valence-electron chi connectivity index (χ3n) is 2.62. The molecule has 0 saturated carbocycles. The Labute approximate surface area is 94.9 Å². The highest BCUT2D eigenvalue weighted by atomic mass is 16.2. The van der Waals surface area contributed by atoms with Gasteiger partial charge in [0.05, 0.1) is 17.9 Å². The van der Waals surface area contributed by atoms with Crippen molar-refractivity contribution in [2.75, 3.05) is 32.0 Å². The summed E-state index contributed by atoms with van der Waals surface area (Å²) in [5.74, 6) is -0.000417. The van der Waals surface area contributed by atoms with Gasteiger partial charge in [-0.05, 0) is 19.2 Å². The average molecular weight is 220 g/mol. The molecule has 86 valence electrons. The van der Waals surface area contributed by atoms with E-state index < -0.39 is 0 Å². The van der Waals surface area contributed by atoms with Crippen molar-refractivity contribution in [1.29, 1.82) is 0 Å². The fourth-order valence-corrected chi connectivity index (χ4v) is 1.74. The maximum absolute atomic E-state index is 11.9. The number of pyridine rings is 1. The van der Waals surface area contributed by atoms with E-state index in [2.05, 4.69) is 20.5 Å². The van der Waals surface area contributed by atoms with Crippen LogP contribution in [0.1, 0.15) is 0 Å². The Bertz CT molecular complexity index is 354. The number of hydrogen-bond acceptors (Lipinski definition) is 4. The molecule has 0 aliphatic carbocycles. The quantitative estimate of drug-likeness (QED) is 0.732. The SMILES string of the molecule is CN1CCNC(C(=O)Nc2cccnc2)C1. The Morgan fingerprint density at radius 2 is 2.56 bits per heavy atom. The molecule has 5 nitrogen and oxygen atoms in total. The zero-order valence-electron chi connectivity index (χ0n) is 9.31. The van der Waals surface area contributed by atoms with Crippen molar-refractivity contribution in [1.82, 2.24) is 15.2 Å². The molecule has 0 spiro atoms. The molecule has 0 radical (unpaired) electrons. The van der Waals surface area contributed by atoms with Gasteiger partial charge in [0.15, 0.2) is 0 Å². The minimum Gasteiger partial charge on any atom is -0.323 e. The molecule has 5 heteroatoms. The van der Waals surface area contributed by atoms with Crippen LogP contribution in [0.3, 0.4) is 0 Å². The molecule has 2 heterocycles. The summed E-state index contributed by atoms with van der Waals surface area (Å²) in [4.78, 5) is 18.0. The molecule has 1 unspecified atom stereocenters. The number of nitrogens with one attached hydrogen (secondary N) is 2. The average Bonchev–Trinajstić information content (AvgIpc) is 2.30. The first-order valence-corrected chi connectivity index (χ1v) is 5.38. The molecule has 16 heavy (non-hydrogen) atoms. The third kappa shape index (κ3) is 2.77. The van der Waals surface area contributed by atoms with Gasteiger partial charge in [-0.3, -0.25) is 9.78 Å². The van der Waals surface area contributed by atoms with Gasteiger partial charge in [0, 0.05) is 25.8 Å². The first kappa shape index (κ1) is 11.0. The van der Waals surface area contributed by atoms with Crippen LogP contribution >= 0.6 is 0 Å². The molecule has 1 fully saturated rings. The first-order chi connectivity index (χ1) is 7.75. The van der Waals surface area contributed by atoms with Crippen LogP contribution in [0, 0.1) is 0 Å². The minimum absolute atomic E-state index is 0.000417. The number of hydrogen-bond donors (Lipinski definition) is 2. The smallest absolute Gasteiger partial charge is 0.242 e. The van der Waals surface area contributed by atoms with E-state index in [-0.39, 0.29) is 11.9 Å². The van der Waals surface area contributed by atoms with Crippen LogP contribution in [-0.4, -0.2) is 48.5 Å². The summed E-state index contributed by atoms with van der Waals surface area (Å²) in [6.45, 7) is 2.57. The lowest BCUT2D eigenvalue weighted by Crippen LogP contribution is -2.54. The highest BCUT2D eigenvalue weighted by Crippen LogP contribution is 2.05. The molecule has 1 amide bonds. The van der Waals surface area contributed by atoms with Crippen LogP contribution in [0.4, 0.5) is 5.69 Å². The van der Waals surface area contributed by atoms with E-state index in [0.29, 0.717) is 0 Å². The normalized spacial score (nSPS) is 21.7. The summed E-state index contributed by atoms with van der Waals surface area (Å²) in [6, 6.07) is 3.49. The summed E-state index contributed by atoms with van der Waals surface area (Å²) in [7, 11) is 2.02. The largest absolute Gasteiger partial charge is 0.323 e. The van der Waals surface area contributed by atoms with E-state index >= 15 is 0 Å². The van der Waals surface area contributed by atoms with Gasteiger partial charge in [0.1, 0.15) is 0 Å². The Morgan fingerprint density at radius 3 is 3.25 bits per heavy atom. The number of aromatic nitrogens is 1. The standard InChI is InChI=1S/C11H16N4O/c1-15-6-5-13-10(8-15)11(16)14-9-3-2-4-12-7-9/h2-4,7,10,13H,5-6,8H2,1H3,(H,14,16). The topological polar surface area (TPSA) is 57.3 Å². The van der Waals surface area contributed by atoms with Crippen LogP contribution in [0.15, 0.2) is 24.5 Å². The highest BCUT2D eigenvalue weighted by molar-refractivity contribution is 5.94. The van der Waals surface area contributed by atoms with Gasteiger partial charge in [0.25, 0.3) is 0 Å². The number of amides is 1. The van der Waals surface area contributed by atoms with Crippen LogP contribution in [0.2, 0.25) is 0 Å². The summed E-state index contributed by atoms with van der Waals surface area (Å²) in [6.07, 6.45) is 3.33. The van der Waals surface area contributed by atoms with Gasteiger partial charge >= 0.3 is 0 Å². The number of anilines is 1. The van der Waals surface area contributed by atoms with Gasteiger partial charge in [-0.1, -0.05) is 0 Å². The van der Waals surface area contributed by atoms with Gasteiger partial charge in [-0.15, -0.1) is 0 Å². The van der Waals surface area contributed by atoms with E-state index in [1.807, 2.05) is 13.1 Å². The molecule has 1 atom stereocenters. The molecule has 1 aliphatic heterocycles. The monoisotopic (exact) mass is 220 g/mol. The van der Waals surface area contributed by atoms with Crippen molar-refractivity contribution in [2.45, 2.75) is 6.04 Å². The molecule has 0 bridgehead atoms. The Balaban J connectivity index is 1.93. The maximum Gasteiger partial charge on any atom is 0.242 e. The maximum atomic E-state index is 11.9. The molecule has 2 rings (SSSR count). The molecular formula is C11H16N4O. The summed E-state index contributed by atoms with van der Waals surface area (Å²) in [5, 5.41) is 6.04. The Morgan fingerprint density at radius 1 is 1.69 bits per heavy atom. The molecule has 1 aliphatic rings. The van der Waals surface area contributed by atoms with Crippen LogP contribution < -0.4 is 10.6 Å². The summed E-state index contributed by atoms with van der Waals surface area (Å²) >= 11 is 0. The molecule has 1 saturated heterocycles. The molecule has 1 aromatic heterocycles. The summed E-state index contributed by atoms with van der Waals surface area (Å²) in [5.41, 5.74) is 0.738. The molecular weight excluding hydrogens is 204 g/mol. The number of likely N-dealkylation sites (N-methyl/N-ethyl adjacent to an activating group) is 1. The van der Waals surface area contributed by atoms with Gasteiger partial charge < -0.3 is 15.5 Å². The zero-order valence-corrected chi connectivity index (χ0v) is 9.31. The second-order valence-corrected chi connectivity index (χ2v) is 4.00. The first-order valence-electron chi connectivity index (χ1n) is 5.38. The number of carbonyl (C=O) groups is 1. The van der Waals surface area contributed by atoms with Crippen molar-refractivity contribution in [3.05, 3.63) is 24.5 Å². The summed E-state index contributed by atoms with van der Waals surface area (Å²) < 4.78 is 0. The van der Waals surface area contributed by atoms with E-state index in [1.54, 1.807) is 18.5 Å². The van der Waals surface area contributed by atoms with Gasteiger partial charge in [-0.2, -0.15) is 0 Å². The Kier molecular flexibility index (Phi) is 3.48. The van der Waals surface area contributed by atoms with Crippen LogP contribution in [0.5, 0.6) is 0 Å². The minimum atomic E-state index is -0.140. The van der Waals surface area contributed by atoms with Crippen LogP contribution in [0.25, 0.3) is 0 Å². The molecule has 1 aromatic rings. The second kappa shape index (κ2) is 5.05. The molecule has 2 N–H and O–H groups in total. The van der Waals surface area contributed by atoms with Crippen molar-refractivity contribution >= 4 is 11.6 Å². The van der Waals surface area contributed by atoms with Crippen LogP contribution in [-0.2, 0) is 4.79 Å². The lowest BCUT2D eigenvalue weighted by atomic mass is 10.2. The van der Waals surface area contributed by atoms with Crippen molar-refractivity contribution in [3.63, 3.8) is 0 Å². The number of nitrogens with zero attached hydrogens (tertiary/aromatic N) is 2. The predicted molar refractivity (Wildman–Crippen MR) is 62.2 cm³/mol. The number of rotatable bonds is 2. The lowest BCUT2D eigenvalue weighted by molar-refractivity contribution is -0.119. The Hall–Kier alpha value is -1.46. The van der Waals surface area contributed by atoms with E-state index in [0.717, 1.165) is 25.3 Å².